The monoisotopic (exact) mass is 728 g/mol. The molecule has 0 aliphatic heterocycles. The fraction of sp³-hybridized carbons (Fsp3) is 0.829. The summed E-state index contributed by atoms with van der Waals surface area (Å²) < 4.78 is 23.5. The minimum Gasteiger partial charge on any atom is -0.391 e. The minimum atomic E-state index is -4.31. The molecule has 0 bridgehead atoms. The number of rotatable bonds is 36. The highest BCUT2D eigenvalue weighted by molar-refractivity contribution is 7.47. The van der Waals surface area contributed by atoms with E-state index in [-0.39, 0.29) is 19.1 Å². The van der Waals surface area contributed by atoms with E-state index in [0.29, 0.717) is 23.9 Å². The number of carbonyl (C=O) groups excluding carboxylic acids is 1. The number of nitrogens with zero attached hydrogens (tertiary/aromatic N) is 1. The van der Waals surface area contributed by atoms with Crippen LogP contribution < -0.4 is 5.32 Å². The van der Waals surface area contributed by atoms with Gasteiger partial charge in [-0.05, 0) is 44.9 Å². The van der Waals surface area contributed by atoms with Crippen LogP contribution in [0.3, 0.4) is 0 Å². The van der Waals surface area contributed by atoms with E-state index in [2.05, 4.69) is 55.6 Å². The lowest BCUT2D eigenvalue weighted by Gasteiger charge is -2.26. The van der Waals surface area contributed by atoms with Crippen molar-refractivity contribution >= 4 is 13.7 Å². The third kappa shape index (κ3) is 35.1. The molecule has 50 heavy (non-hydrogen) atoms. The molecule has 0 aliphatic carbocycles. The van der Waals surface area contributed by atoms with Gasteiger partial charge in [0.2, 0.25) is 5.91 Å². The van der Waals surface area contributed by atoms with Crippen molar-refractivity contribution in [3.63, 3.8) is 0 Å². The summed E-state index contributed by atoms with van der Waals surface area (Å²) >= 11 is 0. The van der Waals surface area contributed by atoms with Crippen LogP contribution in [-0.2, 0) is 18.4 Å². The Kier molecular flexibility index (Phi) is 32.7. The molecule has 3 N–H and O–H groups in total. The van der Waals surface area contributed by atoms with E-state index in [1.54, 1.807) is 0 Å². The van der Waals surface area contributed by atoms with E-state index in [1.165, 1.54) is 77.0 Å². The Morgan fingerprint density at radius 2 is 1.20 bits per heavy atom. The molecule has 0 heterocycles. The molecule has 0 saturated carbocycles. The molecular weight excluding hydrogens is 647 g/mol. The summed E-state index contributed by atoms with van der Waals surface area (Å²) in [7, 11) is 1.60. The van der Waals surface area contributed by atoms with E-state index < -0.39 is 20.0 Å². The van der Waals surface area contributed by atoms with Crippen molar-refractivity contribution in [1.82, 2.24) is 5.32 Å². The molecule has 3 unspecified atom stereocenters. The number of carbonyl (C=O) groups is 1. The molecular formula is C41H80N2O6P+. The van der Waals surface area contributed by atoms with Crippen molar-refractivity contribution in [2.75, 3.05) is 40.9 Å². The molecule has 0 aliphatic rings. The van der Waals surface area contributed by atoms with Gasteiger partial charge in [-0.15, -0.1) is 0 Å². The van der Waals surface area contributed by atoms with Gasteiger partial charge in [0.25, 0.3) is 0 Å². The molecule has 0 aromatic rings. The van der Waals surface area contributed by atoms with E-state index >= 15 is 0 Å². The van der Waals surface area contributed by atoms with Gasteiger partial charge in [0, 0.05) is 6.42 Å². The lowest BCUT2D eigenvalue weighted by atomic mass is 10.0. The molecule has 8 nitrogen and oxygen atoms in total. The summed E-state index contributed by atoms with van der Waals surface area (Å²) in [6.07, 6.45) is 38.8. The van der Waals surface area contributed by atoms with E-state index in [0.717, 1.165) is 64.2 Å². The number of aliphatic hydroxyl groups is 1. The van der Waals surface area contributed by atoms with Crippen LogP contribution in [0.4, 0.5) is 0 Å². The zero-order valence-electron chi connectivity index (χ0n) is 33.1. The quantitative estimate of drug-likeness (QED) is 0.0257. The summed E-state index contributed by atoms with van der Waals surface area (Å²) in [6, 6.07) is -0.763. The highest BCUT2D eigenvalue weighted by atomic mass is 31.2. The number of amides is 1. The molecule has 294 valence electrons. The van der Waals surface area contributed by atoms with Crippen LogP contribution in [0.25, 0.3) is 0 Å². The number of quaternary nitrogens is 1. The van der Waals surface area contributed by atoms with Crippen LogP contribution in [0.5, 0.6) is 0 Å². The van der Waals surface area contributed by atoms with Crippen LogP contribution in [0, 0.1) is 0 Å². The zero-order valence-corrected chi connectivity index (χ0v) is 34.0. The Bertz CT molecular complexity index is 917. The van der Waals surface area contributed by atoms with Crippen LogP contribution >= 0.6 is 7.82 Å². The van der Waals surface area contributed by atoms with Crippen molar-refractivity contribution < 1.29 is 32.9 Å². The van der Waals surface area contributed by atoms with Crippen LogP contribution in [0.15, 0.2) is 36.5 Å². The van der Waals surface area contributed by atoms with Crippen molar-refractivity contribution in [2.45, 2.75) is 180 Å². The predicted molar refractivity (Wildman–Crippen MR) is 212 cm³/mol. The van der Waals surface area contributed by atoms with Crippen molar-refractivity contribution in [1.29, 1.82) is 0 Å². The zero-order chi connectivity index (χ0) is 37.2. The molecule has 3 atom stereocenters. The Balaban J connectivity index is 4.41. The Morgan fingerprint density at radius 1 is 0.700 bits per heavy atom. The molecule has 0 rings (SSSR count). The number of nitrogens with one attached hydrogen (secondary N) is 1. The van der Waals surface area contributed by atoms with Gasteiger partial charge < -0.3 is 19.8 Å². The molecule has 0 aromatic carbocycles. The SMILES string of the molecule is CC/C=C\C/C=C\C/C=C\CCCCCCCCCC(=O)NC(COP(=O)(O)OCC[N+](C)(C)C)C(O)CCCCCCCCCCCCC. The predicted octanol–water partition coefficient (Wildman–Crippen LogP) is 10.7. The fourth-order valence-electron chi connectivity index (χ4n) is 5.65. The molecule has 0 saturated heterocycles. The first kappa shape index (κ1) is 48.7. The summed E-state index contributed by atoms with van der Waals surface area (Å²) in [4.78, 5) is 23.1. The van der Waals surface area contributed by atoms with Gasteiger partial charge in [-0.25, -0.2) is 4.57 Å². The Hall–Kier alpha value is -1.28. The van der Waals surface area contributed by atoms with Gasteiger partial charge in [-0.2, -0.15) is 0 Å². The summed E-state index contributed by atoms with van der Waals surface area (Å²) in [5, 5.41) is 13.9. The van der Waals surface area contributed by atoms with Gasteiger partial charge in [0.05, 0.1) is 39.9 Å². The highest BCUT2D eigenvalue weighted by Crippen LogP contribution is 2.43. The first-order valence-corrected chi connectivity index (χ1v) is 21.8. The van der Waals surface area contributed by atoms with Crippen LogP contribution in [-0.4, -0.2) is 73.4 Å². The first-order chi connectivity index (χ1) is 24.0. The maximum atomic E-state index is 12.8. The summed E-state index contributed by atoms with van der Waals surface area (Å²) in [6.45, 7) is 4.74. The normalized spacial score (nSPS) is 14.9. The van der Waals surface area contributed by atoms with Gasteiger partial charge in [-0.1, -0.05) is 153 Å². The number of phosphoric ester groups is 1. The number of unbranched alkanes of at least 4 members (excludes halogenated alkanes) is 17. The molecule has 0 aromatic heterocycles. The second-order valence-electron chi connectivity index (χ2n) is 15.0. The second kappa shape index (κ2) is 33.5. The number of aliphatic hydroxyl groups excluding tert-OH is 1. The smallest absolute Gasteiger partial charge is 0.391 e. The molecule has 9 heteroatoms. The van der Waals surface area contributed by atoms with Gasteiger partial charge in [0.15, 0.2) is 0 Å². The topological polar surface area (TPSA) is 105 Å². The van der Waals surface area contributed by atoms with E-state index in [9.17, 15) is 19.4 Å². The number of phosphoric acid groups is 1. The highest BCUT2D eigenvalue weighted by Gasteiger charge is 2.28. The van der Waals surface area contributed by atoms with E-state index in [4.69, 9.17) is 9.05 Å². The van der Waals surface area contributed by atoms with Crippen LogP contribution in [0.1, 0.15) is 168 Å². The lowest BCUT2D eigenvalue weighted by molar-refractivity contribution is -0.870. The minimum absolute atomic E-state index is 0.0715. The summed E-state index contributed by atoms with van der Waals surface area (Å²) in [5.41, 5.74) is 0. The Morgan fingerprint density at radius 3 is 1.76 bits per heavy atom. The third-order valence-electron chi connectivity index (χ3n) is 8.90. The van der Waals surface area contributed by atoms with Gasteiger partial charge in [-0.3, -0.25) is 13.8 Å². The van der Waals surface area contributed by atoms with Crippen LogP contribution in [0.2, 0.25) is 0 Å². The average molecular weight is 728 g/mol. The molecule has 1 amide bonds. The Labute approximate surface area is 308 Å². The van der Waals surface area contributed by atoms with Crippen molar-refractivity contribution in [2.24, 2.45) is 0 Å². The van der Waals surface area contributed by atoms with Gasteiger partial charge in [0.1, 0.15) is 13.2 Å². The fourth-order valence-corrected chi connectivity index (χ4v) is 6.38. The number of hydrogen-bond acceptors (Lipinski definition) is 5. The van der Waals surface area contributed by atoms with E-state index in [1.807, 2.05) is 21.1 Å². The number of allylic oxidation sites excluding steroid dienone is 6. The van der Waals surface area contributed by atoms with Crippen molar-refractivity contribution in [3.05, 3.63) is 36.5 Å². The summed E-state index contributed by atoms with van der Waals surface area (Å²) in [5.74, 6) is -0.158. The average Bonchev–Trinajstić information content (AvgIpc) is 3.06. The number of hydrogen-bond donors (Lipinski definition) is 3. The molecule has 0 fully saturated rings. The maximum Gasteiger partial charge on any atom is 0.472 e. The van der Waals surface area contributed by atoms with Gasteiger partial charge >= 0.3 is 7.82 Å². The second-order valence-corrected chi connectivity index (χ2v) is 16.4. The first-order valence-electron chi connectivity index (χ1n) is 20.4. The number of likely N-dealkylation sites (N-methyl/N-ethyl adjacent to an activating group) is 1. The maximum absolute atomic E-state index is 12.8. The van der Waals surface area contributed by atoms with Crippen molar-refractivity contribution in [3.8, 4) is 0 Å². The largest absolute Gasteiger partial charge is 0.472 e. The standard InChI is InChI=1S/C41H79N2O6P/c1-6-8-10-12-14-16-18-19-20-21-22-23-25-27-29-31-33-35-41(45)42-39(38-49-50(46,47)48-37-36-43(3,4)5)40(44)34-32-30-28-26-24-17-15-13-11-9-7-2/h8,10,14,16,19-20,39-40,44H,6-7,9,11-13,15,17-18,21-38H2,1-5H3,(H-,42,45,46,47)/p+1/b10-8-,16-14-,20-19-. The third-order valence-corrected chi connectivity index (χ3v) is 9.89. The molecule has 0 radical (unpaired) electrons. The lowest BCUT2D eigenvalue weighted by Crippen LogP contribution is -2.46. The molecule has 0 spiro atoms.